The normalized spacial score (nSPS) is 13.6. The van der Waals surface area contributed by atoms with Crippen molar-refractivity contribution in [2.45, 2.75) is 37.6 Å². The zero-order valence-corrected chi connectivity index (χ0v) is 12.6. The highest BCUT2D eigenvalue weighted by molar-refractivity contribution is 7.89. The topological polar surface area (TPSA) is 74.8 Å². The Bertz CT molecular complexity index is 646. The largest absolute Gasteiger partial charge is 0.284 e. The lowest BCUT2D eigenvalue weighted by Crippen LogP contribution is -2.26. The second-order valence-electron chi connectivity index (χ2n) is 5.10. The molecule has 0 bridgehead atoms. The molecule has 0 fully saturated rings. The van der Waals surface area contributed by atoms with E-state index in [1.165, 1.54) is 18.0 Å². The highest BCUT2D eigenvalue weighted by Crippen LogP contribution is 2.20. The highest BCUT2D eigenvalue weighted by Gasteiger charge is 2.19. The number of aromatic nitrogens is 2. The van der Waals surface area contributed by atoms with Gasteiger partial charge in [-0.1, -0.05) is 38.1 Å². The fourth-order valence-electron chi connectivity index (χ4n) is 1.92. The van der Waals surface area contributed by atoms with Gasteiger partial charge in [0.2, 0.25) is 10.0 Å². The van der Waals surface area contributed by atoms with Crippen LogP contribution in [0.25, 0.3) is 0 Å². The van der Waals surface area contributed by atoms with Crippen molar-refractivity contribution in [2.75, 3.05) is 0 Å². The fraction of sp³-hybridized carbons (Fsp3) is 0.357. The molecule has 1 aromatic heterocycles. The van der Waals surface area contributed by atoms with Gasteiger partial charge in [-0.15, -0.1) is 0 Å². The van der Waals surface area contributed by atoms with Gasteiger partial charge in [-0.05, 0) is 24.0 Å². The Morgan fingerprint density at radius 1 is 1.10 bits per heavy atom. The van der Waals surface area contributed by atoms with Gasteiger partial charge in [0, 0.05) is 12.2 Å². The van der Waals surface area contributed by atoms with Crippen molar-refractivity contribution in [3.8, 4) is 0 Å². The third kappa shape index (κ3) is 3.26. The van der Waals surface area contributed by atoms with Crippen LogP contribution in [0, 0.1) is 0 Å². The number of sulfonamides is 1. The van der Waals surface area contributed by atoms with Gasteiger partial charge < -0.3 is 0 Å². The van der Waals surface area contributed by atoms with Gasteiger partial charge in [0.1, 0.15) is 4.90 Å². The summed E-state index contributed by atoms with van der Waals surface area (Å²) in [7, 11) is -3.53. The molecule has 0 amide bonds. The molecule has 1 aromatic carbocycles. The first kappa shape index (κ1) is 14.7. The van der Waals surface area contributed by atoms with Crippen molar-refractivity contribution in [1.82, 2.24) is 14.9 Å². The molecule has 0 spiro atoms. The van der Waals surface area contributed by atoms with E-state index in [1.807, 2.05) is 31.2 Å². The summed E-state index contributed by atoms with van der Waals surface area (Å²) >= 11 is 0. The standard InChI is InChI=1S/C14H19N3O2S/c1-10(2)12-4-6-13(7-5-12)11(3)17-20(18,19)14-8-15-16-9-14/h4-11,17H,1-3H3,(H,15,16). The van der Waals surface area contributed by atoms with Crippen molar-refractivity contribution < 1.29 is 8.42 Å². The minimum Gasteiger partial charge on any atom is -0.284 e. The summed E-state index contributed by atoms with van der Waals surface area (Å²) in [6.07, 6.45) is 2.65. The molecule has 0 saturated heterocycles. The summed E-state index contributed by atoms with van der Waals surface area (Å²) in [4.78, 5) is 0.142. The lowest BCUT2D eigenvalue weighted by molar-refractivity contribution is 0.567. The van der Waals surface area contributed by atoms with Crippen LogP contribution in [0.4, 0.5) is 0 Å². The van der Waals surface area contributed by atoms with Crippen molar-refractivity contribution in [2.24, 2.45) is 0 Å². The minimum atomic E-state index is -3.53. The zero-order valence-electron chi connectivity index (χ0n) is 11.8. The lowest BCUT2D eigenvalue weighted by Gasteiger charge is -2.15. The molecule has 0 radical (unpaired) electrons. The molecule has 1 unspecified atom stereocenters. The second-order valence-corrected chi connectivity index (χ2v) is 6.81. The van der Waals surface area contributed by atoms with Gasteiger partial charge in [-0.2, -0.15) is 5.10 Å². The number of nitrogens with zero attached hydrogens (tertiary/aromatic N) is 1. The summed E-state index contributed by atoms with van der Waals surface area (Å²) in [5.41, 5.74) is 2.17. The summed E-state index contributed by atoms with van der Waals surface area (Å²) in [5, 5.41) is 6.15. The van der Waals surface area contributed by atoms with Crippen LogP contribution in [-0.2, 0) is 10.0 Å². The Morgan fingerprint density at radius 2 is 1.70 bits per heavy atom. The smallest absolute Gasteiger partial charge is 0.244 e. The molecule has 108 valence electrons. The molecule has 1 atom stereocenters. The maximum absolute atomic E-state index is 12.1. The first-order valence-corrected chi connectivity index (χ1v) is 7.99. The third-order valence-electron chi connectivity index (χ3n) is 3.22. The van der Waals surface area contributed by atoms with E-state index in [2.05, 4.69) is 28.8 Å². The predicted molar refractivity (Wildman–Crippen MR) is 77.9 cm³/mol. The molecule has 5 nitrogen and oxygen atoms in total. The van der Waals surface area contributed by atoms with Crippen molar-refractivity contribution in [1.29, 1.82) is 0 Å². The van der Waals surface area contributed by atoms with E-state index in [0.29, 0.717) is 5.92 Å². The number of nitrogens with one attached hydrogen (secondary N) is 2. The van der Waals surface area contributed by atoms with Crippen LogP contribution >= 0.6 is 0 Å². The van der Waals surface area contributed by atoms with Crippen molar-refractivity contribution in [3.05, 3.63) is 47.8 Å². The number of benzene rings is 1. The van der Waals surface area contributed by atoms with Crippen LogP contribution in [0.1, 0.15) is 43.9 Å². The number of aromatic amines is 1. The van der Waals surface area contributed by atoms with E-state index in [-0.39, 0.29) is 10.9 Å². The van der Waals surface area contributed by atoms with E-state index in [1.54, 1.807) is 0 Å². The Labute approximate surface area is 119 Å². The summed E-state index contributed by atoms with van der Waals surface area (Å²) in [6.45, 7) is 6.07. The average molecular weight is 293 g/mol. The van der Waals surface area contributed by atoms with Crippen LogP contribution in [-0.4, -0.2) is 18.6 Å². The molecule has 2 rings (SSSR count). The predicted octanol–water partition coefficient (Wildman–Crippen LogP) is 2.57. The minimum absolute atomic E-state index is 0.142. The molecule has 6 heteroatoms. The Kier molecular flexibility index (Phi) is 4.25. The van der Waals surface area contributed by atoms with Gasteiger partial charge in [0.25, 0.3) is 0 Å². The fourth-order valence-corrected chi connectivity index (χ4v) is 3.06. The molecule has 0 aliphatic heterocycles. The lowest BCUT2D eigenvalue weighted by atomic mass is 10.00. The third-order valence-corrected chi connectivity index (χ3v) is 4.73. The number of hydrogen-bond donors (Lipinski definition) is 2. The molecule has 2 aromatic rings. The SMILES string of the molecule is CC(C)c1ccc(C(C)NS(=O)(=O)c2cn[nH]c2)cc1. The van der Waals surface area contributed by atoms with Crippen LogP contribution < -0.4 is 4.72 Å². The quantitative estimate of drug-likeness (QED) is 0.889. The Morgan fingerprint density at radius 3 is 2.20 bits per heavy atom. The van der Waals surface area contributed by atoms with E-state index >= 15 is 0 Å². The van der Waals surface area contributed by atoms with Gasteiger partial charge >= 0.3 is 0 Å². The van der Waals surface area contributed by atoms with Crippen LogP contribution in [0.5, 0.6) is 0 Å². The zero-order chi connectivity index (χ0) is 14.8. The number of H-pyrrole nitrogens is 1. The summed E-state index contributed by atoms with van der Waals surface area (Å²) in [5.74, 6) is 0.460. The van der Waals surface area contributed by atoms with Gasteiger partial charge in [-0.25, -0.2) is 13.1 Å². The van der Waals surface area contributed by atoms with E-state index in [4.69, 9.17) is 0 Å². The first-order valence-electron chi connectivity index (χ1n) is 6.51. The van der Waals surface area contributed by atoms with Crippen molar-refractivity contribution in [3.63, 3.8) is 0 Å². The van der Waals surface area contributed by atoms with Crippen molar-refractivity contribution >= 4 is 10.0 Å². The Hall–Kier alpha value is -1.66. The van der Waals surface area contributed by atoms with E-state index in [0.717, 1.165) is 5.56 Å². The first-order chi connectivity index (χ1) is 9.40. The summed E-state index contributed by atoms with van der Waals surface area (Å²) < 4.78 is 26.8. The van der Waals surface area contributed by atoms with Gasteiger partial charge in [0.15, 0.2) is 0 Å². The van der Waals surface area contributed by atoms with Crippen LogP contribution in [0.15, 0.2) is 41.6 Å². The van der Waals surface area contributed by atoms with Crippen LogP contribution in [0.3, 0.4) is 0 Å². The van der Waals surface area contributed by atoms with E-state index in [9.17, 15) is 8.42 Å². The van der Waals surface area contributed by atoms with Gasteiger partial charge in [-0.3, -0.25) is 5.10 Å². The maximum atomic E-state index is 12.1. The number of hydrogen-bond acceptors (Lipinski definition) is 3. The maximum Gasteiger partial charge on any atom is 0.244 e. The average Bonchev–Trinajstić information content (AvgIpc) is 2.93. The molecule has 1 heterocycles. The molecule has 0 aliphatic carbocycles. The number of rotatable bonds is 5. The molecule has 0 aliphatic rings. The molecule has 20 heavy (non-hydrogen) atoms. The Balaban J connectivity index is 2.14. The van der Waals surface area contributed by atoms with Crippen LogP contribution in [0.2, 0.25) is 0 Å². The van der Waals surface area contributed by atoms with Gasteiger partial charge in [0.05, 0.1) is 6.20 Å². The van der Waals surface area contributed by atoms with E-state index < -0.39 is 10.0 Å². The molecular weight excluding hydrogens is 274 g/mol. The molecule has 2 N–H and O–H groups in total. The monoisotopic (exact) mass is 293 g/mol. The molecular formula is C14H19N3O2S. The summed E-state index contributed by atoms with van der Waals surface area (Å²) in [6, 6.07) is 7.68. The highest BCUT2D eigenvalue weighted by atomic mass is 32.2. The molecule has 0 saturated carbocycles. The second kappa shape index (κ2) is 5.76.